The molecule has 1 heterocycles. The van der Waals surface area contributed by atoms with Crippen molar-refractivity contribution in [2.75, 3.05) is 5.33 Å². The molecule has 0 aromatic carbocycles. The Morgan fingerprint density at radius 3 is 2.24 bits per heavy atom. The number of nitrogens with zero attached hydrogens (tertiary/aromatic N) is 2. The van der Waals surface area contributed by atoms with Gasteiger partial charge in [-0.2, -0.15) is 5.10 Å². The summed E-state index contributed by atoms with van der Waals surface area (Å²) >= 11 is 3.63. The molecule has 1 aromatic heterocycles. The standard InChI is InChI=1S/C14H25BrN2/c1-7-13-10(2)16-17(11(13)3)9-12(8-15)14(4,5)6/h12H,7-9H2,1-6H3. The van der Waals surface area contributed by atoms with E-state index in [1.807, 2.05) is 0 Å². The number of aromatic nitrogens is 2. The summed E-state index contributed by atoms with van der Waals surface area (Å²) in [5.41, 5.74) is 4.24. The highest BCUT2D eigenvalue weighted by molar-refractivity contribution is 9.09. The van der Waals surface area contributed by atoms with E-state index in [9.17, 15) is 0 Å². The lowest BCUT2D eigenvalue weighted by atomic mass is 9.82. The topological polar surface area (TPSA) is 17.8 Å². The molecular formula is C14H25BrN2. The van der Waals surface area contributed by atoms with E-state index in [-0.39, 0.29) is 0 Å². The van der Waals surface area contributed by atoms with Gasteiger partial charge in [-0.25, -0.2) is 0 Å². The largest absolute Gasteiger partial charge is 0.269 e. The molecule has 0 saturated carbocycles. The minimum atomic E-state index is 0.308. The Hall–Kier alpha value is -0.310. The van der Waals surface area contributed by atoms with Gasteiger partial charge >= 0.3 is 0 Å². The van der Waals surface area contributed by atoms with Crippen LogP contribution in [0.1, 0.15) is 44.6 Å². The maximum absolute atomic E-state index is 4.68. The highest BCUT2D eigenvalue weighted by atomic mass is 79.9. The van der Waals surface area contributed by atoms with Gasteiger partial charge in [0.25, 0.3) is 0 Å². The third-order valence-electron chi connectivity index (χ3n) is 3.69. The smallest absolute Gasteiger partial charge is 0.0628 e. The lowest BCUT2D eigenvalue weighted by Gasteiger charge is -2.29. The fourth-order valence-electron chi connectivity index (χ4n) is 2.19. The van der Waals surface area contributed by atoms with E-state index in [0.29, 0.717) is 11.3 Å². The van der Waals surface area contributed by atoms with Gasteiger partial charge in [-0.1, -0.05) is 43.6 Å². The lowest BCUT2D eigenvalue weighted by Crippen LogP contribution is -2.27. The van der Waals surface area contributed by atoms with Crippen molar-refractivity contribution in [3.05, 3.63) is 17.0 Å². The average Bonchev–Trinajstić information content (AvgIpc) is 2.48. The van der Waals surface area contributed by atoms with E-state index in [0.717, 1.165) is 18.3 Å². The molecule has 0 bridgehead atoms. The highest BCUT2D eigenvalue weighted by Gasteiger charge is 2.25. The Morgan fingerprint density at radius 1 is 1.29 bits per heavy atom. The van der Waals surface area contributed by atoms with Crippen molar-refractivity contribution < 1.29 is 0 Å². The normalized spacial score (nSPS) is 14.1. The van der Waals surface area contributed by atoms with Gasteiger partial charge in [0.2, 0.25) is 0 Å². The fourth-order valence-corrected chi connectivity index (χ4v) is 3.36. The molecule has 0 spiro atoms. The van der Waals surface area contributed by atoms with Crippen LogP contribution in [0.3, 0.4) is 0 Å². The molecule has 0 aliphatic heterocycles. The predicted octanol–water partition coefficient (Wildman–Crippen LogP) is 4.12. The molecule has 98 valence electrons. The third kappa shape index (κ3) is 3.34. The van der Waals surface area contributed by atoms with Crippen molar-refractivity contribution in [2.45, 2.75) is 54.5 Å². The Morgan fingerprint density at radius 2 is 1.88 bits per heavy atom. The molecule has 1 rings (SSSR count). The second-order valence-corrected chi connectivity index (χ2v) is 6.55. The lowest BCUT2D eigenvalue weighted by molar-refractivity contribution is 0.230. The van der Waals surface area contributed by atoms with Gasteiger partial charge in [-0.3, -0.25) is 4.68 Å². The van der Waals surface area contributed by atoms with Crippen molar-refractivity contribution >= 4 is 15.9 Å². The molecule has 17 heavy (non-hydrogen) atoms. The van der Waals surface area contributed by atoms with Gasteiger partial charge in [-0.15, -0.1) is 0 Å². The first-order chi connectivity index (χ1) is 7.81. The first kappa shape index (κ1) is 14.7. The maximum atomic E-state index is 4.68. The van der Waals surface area contributed by atoms with E-state index in [1.165, 1.54) is 17.0 Å². The number of aryl methyl sites for hydroxylation is 1. The summed E-state index contributed by atoms with van der Waals surface area (Å²) in [6.45, 7) is 14.4. The van der Waals surface area contributed by atoms with Crippen LogP contribution < -0.4 is 0 Å². The maximum Gasteiger partial charge on any atom is 0.0628 e. The summed E-state index contributed by atoms with van der Waals surface area (Å²) in [6, 6.07) is 0. The monoisotopic (exact) mass is 300 g/mol. The molecule has 0 radical (unpaired) electrons. The van der Waals surface area contributed by atoms with Gasteiger partial charge in [0.15, 0.2) is 0 Å². The number of halogens is 1. The van der Waals surface area contributed by atoms with Crippen LogP contribution in [0.15, 0.2) is 0 Å². The van der Waals surface area contributed by atoms with Crippen LogP contribution in [0, 0.1) is 25.2 Å². The third-order valence-corrected chi connectivity index (χ3v) is 4.47. The minimum absolute atomic E-state index is 0.308. The van der Waals surface area contributed by atoms with Crippen molar-refractivity contribution in [1.82, 2.24) is 9.78 Å². The molecular weight excluding hydrogens is 276 g/mol. The van der Waals surface area contributed by atoms with E-state index in [4.69, 9.17) is 0 Å². The zero-order valence-corrected chi connectivity index (χ0v) is 13.6. The van der Waals surface area contributed by atoms with Gasteiger partial charge < -0.3 is 0 Å². The summed E-state index contributed by atoms with van der Waals surface area (Å²) in [5, 5.41) is 5.70. The van der Waals surface area contributed by atoms with Crippen LogP contribution in [0.4, 0.5) is 0 Å². The summed E-state index contributed by atoms with van der Waals surface area (Å²) in [4.78, 5) is 0. The van der Waals surface area contributed by atoms with Gasteiger partial charge in [-0.05, 0) is 37.2 Å². The zero-order valence-electron chi connectivity index (χ0n) is 12.0. The van der Waals surface area contributed by atoms with Crippen LogP contribution in [-0.2, 0) is 13.0 Å². The quantitative estimate of drug-likeness (QED) is 0.765. The number of rotatable bonds is 4. The first-order valence-electron chi connectivity index (χ1n) is 6.40. The van der Waals surface area contributed by atoms with Crippen LogP contribution >= 0.6 is 15.9 Å². The summed E-state index contributed by atoms with van der Waals surface area (Å²) in [5.74, 6) is 0.602. The van der Waals surface area contributed by atoms with E-state index >= 15 is 0 Å². The Kier molecular flexibility index (Phi) is 4.82. The molecule has 1 atom stereocenters. The zero-order chi connectivity index (χ0) is 13.2. The van der Waals surface area contributed by atoms with Crippen molar-refractivity contribution in [2.24, 2.45) is 11.3 Å². The molecule has 0 aliphatic rings. The Balaban J connectivity index is 2.95. The van der Waals surface area contributed by atoms with Crippen LogP contribution in [0.5, 0.6) is 0 Å². The van der Waals surface area contributed by atoms with Gasteiger partial charge in [0.05, 0.1) is 5.69 Å². The first-order valence-corrected chi connectivity index (χ1v) is 7.52. The van der Waals surface area contributed by atoms with Crippen molar-refractivity contribution in [3.8, 4) is 0 Å². The second-order valence-electron chi connectivity index (χ2n) is 5.90. The van der Waals surface area contributed by atoms with Crippen molar-refractivity contribution in [1.29, 1.82) is 0 Å². The number of alkyl halides is 1. The number of hydrogen-bond acceptors (Lipinski definition) is 1. The molecule has 1 aromatic rings. The molecule has 2 nitrogen and oxygen atoms in total. The summed E-state index contributed by atoms with van der Waals surface area (Å²) in [7, 11) is 0. The summed E-state index contributed by atoms with van der Waals surface area (Å²) in [6.07, 6.45) is 1.08. The highest BCUT2D eigenvalue weighted by Crippen LogP contribution is 2.29. The van der Waals surface area contributed by atoms with Gasteiger partial charge in [0.1, 0.15) is 0 Å². The molecule has 3 heteroatoms. The predicted molar refractivity (Wildman–Crippen MR) is 77.8 cm³/mol. The molecule has 1 unspecified atom stereocenters. The average molecular weight is 301 g/mol. The van der Waals surface area contributed by atoms with Crippen molar-refractivity contribution in [3.63, 3.8) is 0 Å². The molecule has 0 aliphatic carbocycles. The van der Waals surface area contributed by atoms with Crippen LogP contribution in [-0.4, -0.2) is 15.1 Å². The van der Waals surface area contributed by atoms with E-state index < -0.39 is 0 Å². The Labute approximate surface area is 114 Å². The minimum Gasteiger partial charge on any atom is -0.269 e. The fraction of sp³-hybridized carbons (Fsp3) is 0.786. The number of hydrogen-bond donors (Lipinski definition) is 0. The molecule has 0 saturated heterocycles. The van der Waals surface area contributed by atoms with Crippen LogP contribution in [0.25, 0.3) is 0 Å². The molecule has 0 N–H and O–H groups in total. The SMILES string of the molecule is CCc1c(C)nn(CC(CBr)C(C)(C)C)c1C. The Bertz CT molecular complexity index is 374. The van der Waals surface area contributed by atoms with E-state index in [1.54, 1.807) is 0 Å². The molecule has 0 amide bonds. The molecule has 0 fully saturated rings. The van der Waals surface area contributed by atoms with Crippen LogP contribution in [0.2, 0.25) is 0 Å². The summed E-state index contributed by atoms with van der Waals surface area (Å²) < 4.78 is 2.19. The van der Waals surface area contributed by atoms with E-state index in [2.05, 4.69) is 67.3 Å². The van der Waals surface area contributed by atoms with Gasteiger partial charge in [0, 0.05) is 17.6 Å². The second kappa shape index (κ2) is 5.55.